The van der Waals surface area contributed by atoms with E-state index in [0.717, 1.165) is 25.9 Å². The van der Waals surface area contributed by atoms with Gasteiger partial charge in [0.15, 0.2) is 0 Å². The number of rotatable bonds is 2. The van der Waals surface area contributed by atoms with Crippen molar-refractivity contribution in [2.24, 2.45) is 17.6 Å². The number of amides is 1. The molecule has 1 aliphatic heterocycles. The second-order valence-electron chi connectivity index (χ2n) is 4.66. The van der Waals surface area contributed by atoms with Crippen molar-refractivity contribution < 1.29 is 4.79 Å². The molecule has 0 aromatic rings. The molecular formula is C11H22N2O. The Morgan fingerprint density at radius 1 is 1.36 bits per heavy atom. The molecule has 1 unspecified atom stereocenters. The van der Waals surface area contributed by atoms with E-state index in [-0.39, 0.29) is 5.91 Å². The Labute approximate surface area is 86.6 Å². The van der Waals surface area contributed by atoms with Crippen LogP contribution < -0.4 is 5.73 Å². The van der Waals surface area contributed by atoms with Crippen molar-refractivity contribution >= 4 is 5.91 Å². The summed E-state index contributed by atoms with van der Waals surface area (Å²) in [6, 6.07) is 0.295. The van der Waals surface area contributed by atoms with Crippen molar-refractivity contribution in [1.29, 1.82) is 0 Å². The zero-order valence-electron chi connectivity index (χ0n) is 9.49. The fourth-order valence-corrected chi connectivity index (χ4v) is 2.14. The summed E-state index contributed by atoms with van der Waals surface area (Å²) in [5.74, 6) is 1.34. The standard InChI is InChI=1S/C11H22N2O/c1-8(2)11(12)10-4-6-13(7-5-10)9(3)14/h8,10-11H,4-7,12H2,1-3H3. The van der Waals surface area contributed by atoms with Crippen LogP contribution in [0.3, 0.4) is 0 Å². The molecule has 14 heavy (non-hydrogen) atoms. The minimum absolute atomic E-state index is 0.196. The summed E-state index contributed by atoms with van der Waals surface area (Å²) < 4.78 is 0. The maximum Gasteiger partial charge on any atom is 0.219 e. The van der Waals surface area contributed by atoms with E-state index >= 15 is 0 Å². The topological polar surface area (TPSA) is 46.3 Å². The molecule has 3 nitrogen and oxygen atoms in total. The van der Waals surface area contributed by atoms with Gasteiger partial charge in [0.1, 0.15) is 0 Å². The largest absolute Gasteiger partial charge is 0.343 e. The van der Waals surface area contributed by atoms with Gasteiger partial charge < -0.3 is 10.6 Å². The first-order valence-corrected chi connectivity index (χ1v) is 5.53. The molecule has 1 heterocycles. The summed E-state index contributed by atoms with van der Waals surface area (Å²) in [4.78, 5) is 13.0. The predicted octanol–water partition coefficient (Wildman–Crippen LogP) is 1.23. The van der Waals surface area contributed by atoms with Crippen molar-refractivity contribution in [3.05, 3.63) is 0 Å². The number of hydrogen-bond donors (Lipinski definition) is 1. The van der Waals surface area contributed by atoms with Gasteiger partial charge >= 0.3 is 0 Å². The van der Waals surface area contributed by atoms with Crippen LogP contribution in [0.25, 0.3) is 0 Å². The maximum atomic E-state index is 11.1. The van der Waals surface area contributed by atoms with Crippen LogP contribution >= 0.6 is 0 Å². The molecule has 1 fully saturated rings. The Kier molecular flexibility index (Phi) is 3.93. The summed E-state index contributed by atoms with van der Waals surface area (Å²) in [6.07, 6.45) is 2.14. The summed E-state index contributed by atoms with van der Waals surface area (Å²) in [7, 11) is 0. The molecule has 0 saturated carbocycles. The minimum atomic E-state index is 0.196. The molecule has 1 saturated heterocycles. The number of likely N-dealkylation sites (tertiary alicyclic amines) is 1. The molecule has 0 aromatic carbocycles. The monoisotopic (exact) mass is 198 g/mol. The molecule has 0 bridgehead atoms. The molecule has 1 atom stereocenters. The second-order valence-corrected chi connectivity index (χ2v) is 4.66. The van der Waals surface area contributed by atoms with Gasteiger partial charge in [0.25, 0.3) is 0 Å². The molecule has 82 valence electrons. The van der Waals surface area contributed by atoms with Gasteiger partial charge in [-0.3, -0.25) is 4.79 Å². The molecule has 1 rings (SSSR count). The minimum Gasteiger partial charge on any atom is -0.343 e. The quantitative estimate of drug-likeness (QED) is 0.725. The zero-order valence-corrected chi connectivity index (χ0v) is 9.49. The van der Waals surface area contributed by atoms with E-state index in [1.807, 2.05) is 4.90 Å². The number of piperidine rings is 1. The zero-order chi connectivity index (χ0) is 10.7. The van der Waals surface area contributed by atoms with Crippen molar-refractivity contribution in [1.82, 2.24) is 4.90 Å². The van der Waals surface area contributed by atoms with E-state index in [0.29, 0.717) is 17.9 Å². The number of hydrogen-bond acceptors (Lipinski definition) is 2. The summed E-state index contributed by atoms with van der Waals surface area (Å²) in [5.41, 5.74) is 6.11. The number of nitrogens with two attached hydrogens (primary N) is 1. The summed E-state index contributed by atoms with van der Waals surface area (Å²) in [6.45, 7) is 7.76. The van der Waals surface area contributed by atoms with Crippen molar-refractivity contribution in [2.45, 2.75) is 39.7 Å². The molecule has 0 aromatic heterocycles. The fourth-order valence-electron chi connectivity index (χ4n) is 2.14. The highest BCUT2D eigenvalue weighted by Gasteiger charge is 2.26. The van der Waals surface area contributed by atoms with E-state index in [1.165, 1.54) is 0 Å². The second kappa shape index (κ2) is 4.78. The number of carbonyl (C=O) groups is 1. The van der Waals surface area contributed by atoms with E-state index in [4.69, 9.17) is 5.73 Å². The molecule has 2 N–H and O–H groups in total. The van der Waals surface area contributed by atoms with Crippen molar-refractivity contribution in [3.63, 3.8) is 0 Å². The van der Waals surface area contributed by atoms with Crippen LogP contribution in [0.1, 0.15) is 33.6 Å². The fraction of sp³-hybridized carbons (Fsp3) is 0.909. The summed E-state index contributed by atoms with van der Waals surface area (Å²) in [5, 5.41) is 0. The smallest absolute Gasteiger partial charge is 0.219 e. The van der Waals surface area contributed by atoms with Crippen LogP contribution in [0.5, 0.6) is 0 Å². The SMILES string of the molecule is CC(=O)N1CCC(C(N)C(C)C)CC1. The highest BCUT2D eigenvalue weighted by atomic mass is 16.2. The van der Waals surface area contributed by atoms with Crippen LogP contribution in [0.15, 0.2) is 0 Å². The third kappa shape index (κ3) is 2.71. The van der Waals surface area contributed by atoms with Crippen LogP contribution in [-0.2, 0) is 4.79 Å². The van der Waals surface area contributed by atoms with E-state index in [9.17, 15) is 4.79 Å². The first-order chi connectivity index (χ1) is 6.52. The molecule has 0 aliphatic carbocycles. The Hall–Kier alpha value is -0.570. The Morgan fingerprint density at radius 3 is 2.21 bits per heavy atom. The third-order valence-corrected chi connectivity index (χ3v) is 3.30. The first-order valence-electron chi connectivity index (χ1n) is 5.53. The van der Waals surface area contributed by atoms with Crippen molar-refractivity contribution in [3.8, 4) is 0 Å². The van der Waals surface area contributed by atoms with E-state index in [2.05, 4.69) is 13.8 Å². The highest BCUT2D eigenvalue weighted by Crippen LogP contribution is 2.23. The van der Waals surface area contributed by atoms with Crippen LogP contribution in [0.2, 0.25) is 0 Å². The van der Waals surface area contributed by atoms with Crippen LogP contribution in [0, 0.1) is 11.8 Å². The van der Waals surface area contributed by atoms with Gasteiger partial charge in [-0.05, 0) is 24.7 Å². The van der Waals surface area contributed by atoms with Gasteiger partial charge in [0, 0.05) is 26.1 Å². The van der Waals surface area contributed by atoms with Gasteiger partial charge in [-0.25, -0.2) is 0 Å². The molecule has 1 amide bonds. The summed E-state index contributed by atoms with van der Waals surface area (Å²) >= 11 is 0. The van der Waals surface area contributed by atoms with Gasteiger partial charge in [-0.15, -0.1) is 0 Å². The van der Waals surface area contributed by atoms with Crippen molar-refractivity contribution in [2.75, 3.05) is 13.1 Å². The third-order valence-electron chi connectivity index (χ3n) is 3.30. The normalized spacial score (nSPS) is 21.4. The first kappa shape index (κ1) is 11.5. The van der Waals surface area contributed by atoms with Gasteiger partial charge in [0.2, 0.25) is 5.91 Å². The average molecular weight is 198 g/mol. The van der Waals surface area contributed by atoms with E-state index < -0.39 is 0 Å². The Bertz CT molecular complexity index is 195. The molecular weight excluding hydrogens is 176 g/mol. The highest BCUT2D eigenvalue weighted by molar-refractivity contribution is 5.73. The number of carbonyl (C=O) groups excluding carboxylic acids is 1. The van der Waals surface area contributed by atoms with Crippen LogP contribution in [-0.4, -0.2) is 29.9 Å². The van der Waals surface area contributed by atoms with Gasteiger partial charge in [-0.2, -0.15) is 0 Å². The lowest BCUT2D eigenvalue weighted by molar-refractivity contribution is -0.130. The Balaban J connectivity index is 2.39. The van der Waals surface area contributed by atoms with Crippen LogP contribution in [0.4, 0.5) is 0 Å². The molecule has 0 spiro atoms. The lowest BCUT2D eigenvalue weighted by Gasteiger charge is -2.35. The molecule has 0 radical (unpaired) electrons. The van der Waals surface area contributed by atoms with E-state index in [1.54, 1.807) is 6.92 Å². The Morgan fingerprint density at radius 2 is 1.86 bits per heavy atom. The lowest BCUT2D eigenvalue weighted by atomic mass is 9.84. The number of nitrogens with zero attached hydrogens (tertiary/aromatic N) is 1. The predicted molar refractivity (Wildman–Crippen MR) is 57.8 cm³/mol. The van der Waals surface area contributed by atoms with Gasteiger partial charge in [0.05, 0.1) is 0 Å². The average Bonchev–Trinajstić information content (AvgIpc) is 2.16. The maximum absolute atomic E-state index is 11.1. The molecule has 1 aliphatic rings. The molecule has 3 heteroatoms. The lowest BCUT2D eigenvalue weighted by Crippen LogP contribution is -2.44. The van der Waals surface area contributed by atoms with Gasteiger partial charge in [-0.1, -0.05) is 13.8 Å².